The van der Waals surface area contributed by atoms with Gasteiger partial charge in [0.25, 0.3) is 0 Å². The van der Waals surface area contributed by atoms with Crippen molar-refractivity contribution in [3.63, 3.8) is 0 Å². The quantitative estimate of drug-likeness (QED) is 0.632. The first kappa shape index (κ1) is 13.2. The molecule has 2 atom stereocenters. The van der Waals surface area contributed by atoms with Gasteiger partial charge in [0.05, 0.1) is 5.92 Å². The fourth-order valence-electron chi connectivity index (χ4n) is 1.80. The van der Waals surface area contributed by atoms with Crippen molar-refractivity contribution < 1.29 is 19.8 Å². The maximum Gasteiger partial charge on any atom is 0.324 e. The molecule has 0 aromatic heterocycles. The molecule has 0 heterocycles. The topological polar surface area (TPSA) is 101 Å². The van der Waals surface area contributed by atoms with Crippen LogP contribution in [-0.2, 0) is 9.59 Å². The van der Waals surface area contributed by atoms with E-state index in [0.717, 1.165) is 6.42 Å². The molecule has 1 rings (SSSR count). The molecule has 0 aromatic carbocycles. The molecule has 0 spiro atoms. The summed E-state index contributed by atoms with van der Waals surface area (Å²) in [6, 6.07) is 0. The van der Waals surface area contributed by atoms with Crippen LogP contribution in [0.3, 0.4) is 0 Å². The standard InChI is InChI=1S/C8H13NO4.ClH/c9-8(7(12)13)4-2-1-3-5(8)6(10)11;/h5H,1-4,9H2,(H,10,11)(H,12,13);1H. The molecule has 1 aliphatic rings. The normalized spacial score (nSPS) is 31.6. The van der Waals surface area contributed by atoms with E-state index in [1.807, 2.05) is 0 Å². The van der Waals surface area contributed by atoms with Gasteiger partial charge in [-0.1, -0.05) is 12.8 Å². The van der Waals surface area contributed by atoms with Crippen molar-refractivity contribution in [1.82, 2.24) is 0 Å². The van der Waals surface area contributed by atoms with Gasteiger partial charge in [-0.3, -0.25) is 9.59 Å². The van der Waals surface area contributed by atoms with Crippen molar-refractivity contribution >= 4 is 24.3 Å². The number of carboxylic acids is 2. The molecule has 1 aliphatic carbocycles. The Hall–Kier alpha value is -0.810. The van der Waals surface area contributed by atoms with Gasteiger partial charge in [0.15, 0.2) is 0 Å². The Kier molecular flexibility index (Phi) is 4.35. The van der Waals surface area contributed by atoms with Crippen molar-refractivity contribution in [3.05, 3.63) is 0 Å². The Bertz CT molecular complexity index is 245. The van der Waals surface area contributed by atoms with E-state index in [0.29, 0.717) is 12.8 Å². The summed E-state index contributed by atoms with van der Waals surface area (Å²) in [5.41, 5.74) is 4.00. The predicted octanol–water partition coefficient (Wildman–Crippen LogP) is 0.465. The number of hydrogen-bond donors (Lipinski definition) is 3. The average Bonchev–Trinajstić information content (AvgIpc) is 2.04. The van der Waals surface area contributed by atoms with Crippen LogP contribution in [0.5, 0.6) is 0 Å². The molecule has 0 aromatic rings. The summed E-state index contributed by atoms with van der Waals surface area (Å²) in [6.45, 7) is 0. The largest absolute Gasteiger partial charge is 0.481 e. The highest BCUT2D eigenvalue weighted by Gasteiger charge is 2.47. The molecule has 0 saturated heterocycles. The second-order valence-corrected chi connectivity index (χ2v) is 3.48. The Morgan fingerprint density at radius 3 is 2.21 bits per heavy atom. The van der Waals surface area contributed by atoms with Crippen molar-refractivity contribution in [3.8, 4) is 0 Å². The van der Waals surface area contributed by atoms with Crippen LogP contribution in [0.2, 0.25) is 0 Å². The number of halogens is 1. The highest BCUT2D eigenvalue weighted by Crippen LogP contribution is 2.32. The van der Waals surface area contributed by atoms with Gasteiger partial charge < -0.3 is 15.9 Å². The molecule has 0 amide bonds. The average molecular weight is 224 g/mol. The van der Waals surface area contributed by atoms with Gasteiger partial charge in [0.1, 0.15) is 5.54 Å². The highest BCUT2D eigenvalue weighted by molar-refractivity contribution is 5.86. The van der Waals surface area contributed by atoms with Gasteiger partial charge in [-0.25, -0.2) is 0 Å². The Balaban J connectivity index is 0.00000169. The summed E-state index contributed by atoms with van der Waals surface area (Å²) in [5.74, 6) is -3.26. The molecule has 1 saturated carbocycles. The maximum atomic E-state index is 10.8. The first-order valence-corrected chi connectivity index (χ1v) is 4.23. The van der Waals surface area contributed by atoms with Crippen LogP contribution in [0.15, 0.2) is 0 Å². The number of nitrogens with two attached hydrogens (primary N) is 1. The minimum atomic E-state index is -1.57. The lowest BCUT2D eigenvalue weighted by molar-refractivity contribution is -0.157. The van der Waals surface area contributed by atoms with Crippen molar-refractivity contribution in [2.24, 2.45) is 11.7 Å². The minimum Gasteiger partial charge on any atom is -0.481 e. The summed E-state index contributed by atoms with van der Waals surface area (Å²) in [4.78, 5) is 21.5. The van der Waals surface area contributed by atoms with E-state index < -0.39 is 23.4 Å². The fourth-order valence-corrected chi connectivity index (χ4v) is 1.80. The third-order valence-corrected chi connectivity index (χ3v) is 2.65. The van der Waals surface area contributed by atoms with E-state index >= 15 is 0 Å². The molecule has 0 bridgehead atoms. The van der Waals surface area contributed by atoms with Crippen molar-refractivity contribution in [2.75, 3.05) is 0 Å². The summed E-state index contributed by atoms with van der Waals surface area (Å²) in [6.07, 6.45) is 2.03. The zero-order chi connectivity index (χ0) is 10.1. The first-order valence-electron chi connectivity index (χ1n) is 4.23. The lowest BCUT2D eigenvalue weighted by atomic mass is 9.73. The van der Waals surface area contributed by atoms with Gasteiger partial charge in [0.2, 0.25) is 0 Å². The monoisotopic (exact) mass is 223 g/mol. The lowest BCUT2D eigenvalue weighted by Gasteiger charge is -2.34. The first-order chi connectivity index (χ1) is 5.98. The van der Waals surface area contributed by atoms with Crippen LogP contribution < -0.4 is 5.73 Å². The van der Waals surface area contributed by atoms with E-state index in [-0.39, 0.29) is 18.8 Å². The van der Waals surface area contributed by atoms with Crippen LogP contribution >= 0.6 is 12.4 Å². The molecule has 2 unspecified atom stereocenters. The van der Waals surface area contributed by atoms with Crippen LogP contribution in [0.4, 0.5) is 0 Å². The Morgan fingerprint density at radius 2 is 1.86 bits per heavy atom. The van der Waals surface area contributed by atoms with Crippen LogP contribution in [0, 0.1) is 5.92 Å². The number of hydrogen-bond acceptors (Lipinski definition) is 3. The molecule has 0 radical (unpaired) electrons. The SMILES string of the molecule is Cl.NC1(C(=O)O)CCCCC1C(=O)O. The summed E-state index contributed by atoms with van der Waals surface area (Å²) >= 11 is 0. The van der Waals surface area contributed by atoms with E-state index in [2.05, 4.69) is 0 Å². The van der Waals surface area contributed by atoms with E-state index in [1.165, 1.54) is 0 Å². The highest BCUT2D eigenvalue weighted by atomic mass is 35.5. The van der Waals surface area contributed by atoms with Gasteiger partial charge >= 0.3 is 11.9 Å². The Labute approximate surface area is 87.7 Å². The third kappa shape index (κ3) is 2.16. The smallest absolute Gasteiger partial charge is 0.324 e. The molecule has 0 aliphatic heterocycles. The number of aliphatic carboxylic acids is 2. The predicted molar refractivity (Wildman–Crippen MR) is 51.4 cm³/mol. The van der Waals surface area contributed by atoms with Crippen molar-refractivity contribution in [2.45, 2.75) is 31.2 Å². The summed E-state index contributed by atoms with van der Waals surface area (Å²) < 4.78 is 0. The molecule has 14 heavy (non-hydrogen) atoms. The Morgan fingerprint density at radius 1 is 1.29 bits per heavy atom. The zero-order valence-electron chi connectivity index (χ0n) is 7.60. The van der Waals surface area contributed by atoms with E-state index in [1.54, 1.807) is 0 Å². The number of rotatable bonds is 2. The van der Waals surface area contributed by atoms with Crippen LogP contribution in [-0.4, -0.2) is 27.7 Å². The summed E-state index contributed by atoms with van der Waals surface area (Å²) in [7, 11) is 0. The molecule has 5 nitrogen and oxygen atoms in total. The molecule has 1 fully saturated rings. The minimum absolute atomic E-state index is 0. The molecular weight excluding hydrogens is 210 g/mol. The van der Waals surface area contributed by atoms with Gasteiger partial charge in [-0.05, 0) is 12.8 Å². The van der Waals surface area contributed by atoms with Gasteiger partial charge in [-0.15, -0.1) is 12.4 Å². The molecule has 6 heteroatoms. The molecule has 4 N–H and O–H groups in total. The zero-order valence-corrected chi connectivity index (χ0v) is 8.42. The van der Waals surface area contributed by atoms with Crippen LogP contribution in [0.1, 0.15) is 25.7 Å². The maximum absolute atomic E-state index is 10.8. The number of carboxylic acid groups (broad SMARTS) is 2. The fraction of sp³-hybridized carbons (Fsp3) is 0.750. The second kappa shape index (κ2) is 4.61. The summed E-state index contributed by atoms with van der Waals surface area (Å²) in [5, 5.41) is 17.6. The van der Waals surface area contributed by atoms with Crippen molar-refractivity contribution in [1.29, 1.82) is 0 Å². The third-order valence-electron chi connectivity index (χ3n) is 2.65. The van der Waals surface area contributed by atoms with E-state index in [9.17, 15) is 9.59 Å². The second-order valence-electron chi connectivity index (χ2n) is 3.48. The van der Waals surface area contributed by atoms with E-state index in [4.69, 9.17) is 15.9 Å². The van der Waals surface area contributed by atoms with Gasteiger partial charge in [0, 0.05) is 0 Å². The lowest BCUT2D eigenvalue weighted by Crippen LogP contribution is -2.58. The number of carbonyl (C=O) groups is 2. The van der Waals surface area contributed by atoms with Crippen LogP contribution in [0.25, 0.3) is 0 Å². The molecule has 82 valence electrons. The van der Waals surface area contributed by atoms with Gasteiger partial charge in [-0.2, -0.15) is 0 Å². The molecular formula is C8H14ClNO4.